The number of rotatable bonds is 1. The summed E-state index contributed by atoms with van der Waals surface area (Å²) in [5, 5.41) is 3.47. The van der Waals surface area contributed by atoms with E-state index in [1.807, 2.05) is 6.07 Å². The molecule has 1 atom stereocenters. The van der Waals surface area contributed by atoms with E-state index in [4.69, 9.17) is 4.74 Å². The highest BCUT2D eigenvalue weighted by molar-refractivity contribution is 5.55. The second-order valence-electron chi connectivity index (χ2n) is 4.05. The number of nitrogens with one attached hydrogen (secondary N) is 1. The van der Waals surface area contributed by atoms with Gasteiger partial charge in [-0.15, -0.1) is 0 Å². The van der Waals surface area contributed by atoms with Crippen LogP contribution in [0.1, 0.15) is 18.9 Å². The number of aryl methyl sites for hydroxylation is 1. The molecule has 0 bridgehead atoms. The van der Waals surface area contributed by atoms with E-state index in [1.165, 1.54) is 17.7 Å². The van der Waals surface area contributed by atoms with Gasteiger partial charge in [0.25, 0.3) is 0 Å². The normalized spacial score (nSPS) is 20.6. The Kier molecular flexibility index (Phi) is 2.62. The molecule has 0 aliphatic carbocycles. The predicted octanol–water partition coefficient (Wildman–Crippen LogP) is 2.69. The number of anilines is 1. The fourth-order valence-electron chi connectivity index (χ4n) is 1.86. The molecule has 1 aliphatic rings. The minimum absolute atomic E-state index is 0.758. The first-order valence-corrected chi connectivity index (χ1v) is 5.20. The van der Waals surface area contributed by atoms with Crippen LogP contribution in [0.4, 0.5) is 5.69 Å². The van der Waals surface area contributed by atoms with Gasteiger partial charge in [0, 0.05) is 12.2 Å². The van der Waals surface area contributed by atoms with Crippen LogP contribution in [-0.4, -0.2) is 13.7 Å². The molecule has 1 unspecified atom stereocenters. The van der Waals surface area contributed by atoms with E-state index in [9.17, 15) is 0 Å². The van der Waals surface area contributed by atoms with Crippen molar-refractivity contribution in [3.8, 4) is 5.75 Å². The second-order valence-corrected chi connectivity index (χ2v) is 4.05. The SMILES string of the molecule is COc1ccc2c(c1)CCC(C)CN2. The summed E-state index contributed by atoms with van der Waals surface area (Å²) in [6, 6.07) is 6.27. The Labute approximate surface area is 85.3 Å². The molecule has 0 spiro atoms. The molecular formula is C12H17NO. The van der Waals surface area contributed by atoms with Gasteiger partial charge < -0.3 is 10.1 Å². The lowest BCUT2D eigenvalue weighted by molar-refractivity contribution is 0.414. The van der Waals surface area contributed by atoms with Gasteiger partial charge in [-0.05, 0) is 42.5 Å². The van der Waals surface area contributed by atoms with Gasteiger partial charge in [0.2, 0.25) is 0 Å². The van der Waals surface area contributed by atoms with Crippen molar-refractivity contribution in [1.29, 1.82) is 0 Å². The van der Waals surface area contributed by atoms with Crippen molar-refractivity contribution in [2.45, 2.75) is 19.8 Å². The monoisotopic (exact) mass is 191 g/mol. The average molecular weight is 191 g/mol. The van der Waals surface area contributed by atoms with Gasteiger partial charge in [-0.2, -0.15) is 0 Å². The van der Waals surface area contributed by atoms with E-state index in [2.05, 4.69) is 24.4 Å². The van der Waals surface area contributed by atoms with Gasteiger partial charge in [0.15, 0.2) is 0 Å². The van der Waals surface area contributed by atoms with Crippen molar-refractivity contribution in [2.24, 2.45) is 5.92 Å². The largest absolute Gasteiger partial charge is 0.497 e. The zero-order valence-electron chi connectivity index (χ0n) is 8.84. The number of fused-ring (bicyclic) bond motifs is 1. The Morgan fingerprint density at radius 2 is 2.29 bits per heavy atom. The summed E-state index contributed by atoms with van der Waals surface area (Å²) in [4.78, 5) is 0. The Balaban J connectivity index is 2.27. The summed E-state index contributed by atoms with van der Waals surface area (Å²) < 4.78 is 5.22. The zero-order valence-corrected chi connectivity index (χ0v) is 8.84. The third-order valence-corrected chi connectivity index (χ3v) is 2.86. The van der Waals surface area contributed by atoms with Crippen LogP contribution in [-0.2, 0) is 6.42 Å². The van der Waals surface area contributed by atoms with Crippen molar-refractivity contribution in [3.05, 3.63) is 23.8 Å². The van der Waals surface area contributed by atoms with Gasteiger partial charge in [-0.25, -0.2) is 0 Å². The van der Waals surface area contributed by atoms with E-state index < -0.39 is 0 Å². The molecule has 76 valence electrons. The van der Waals surface area contributed by atoms with Gasteiger partial charge in [0.1, 0.15) is 5.75 Å². The molecule has 0 amide bonds. The van der Waals surface area contributed by atoms with E-state index in [1.54, 1.807) is 7.11 Å². The van der Waals surface area contributed by atoms with Gasteiger partial charge in [-0.3, -0.25) is 0 Å². The molecule has 2 heteroatoms. The van der Waals surface area contributed by atoms with Crippen molar-refractivity contribution >= 4 is 5.69 Å². The first kappa shape index (κ1) is 9.38. The molecule has 1 aromatic rings. The Morgan fingerprint density at radius 3 is 3.07 bits per heavy atom. The minimum Gasteiger partial charge on any atom is -0.497 e. The molecule has 1 heterocycles. The summed E-state index contributed by atoms with van der Waals surface area (Å²) in [7, 11) is 1.72. The summed E-state index contributed by atoms with van der Waals surface area (Å²) in [5.74, 6) is 1.72. The highest BCUT2D eigenvalue weighted by atomic mass is 16.5. The average Bonchev–Trinajstić information content (AvgIpc) is 2.40. The van der Waals surface area contributed by atoms with Crippen molar-refractivity contribution in [1.82, 2.24) is 0 Å². The lowest BCUT2D eigenvalue weighted by Gasteiger charge is -2.09. The third-order valence-electron chi connectivity index (χ3n) is 2.86. The maximum atomic E-state index is 5.22. The van der Waals surface area contributed by atoms with E-state index >= 15 is 0 Å². The van der Waals surface area contributed by atoms with Crippen molar-refractivity contribution in [2.75, 3.05) is 19.0 Å². The highest BCUT2D eigenvalue weighted by Gasteiger charge is 2.12. The first-order valence-electron chi connectivity index (χ1n) is 5.20. The van der Waals surface area contributed by atoms with E-state index in [0.717, 1.165) is 24.6 Å². The number of ether oxygens (including phenoxy) is 1. The van der Waals surface area contributed by atoms with Gasteiger partial charge >= 0.3 is 0 Å². The maximum Gasteiger partial charge on any atom is 0.119 e. The Morgan fingerprint density at radius 1 is 1.43 bits per heavy atom. The molecule has 1 aromatic carbocycles. The molecule has 0 fully saturated rings. The van der Waals surface area contributed by atoms with Crippen molar-refractivity contribution < 1.29 is 4.74 Å². The first-order chi connectivity index (χ1) is 6.79. The fraction of sp³-hybridized carbons (Fsp3) is 0.500. The van der Waals surface area contributed by atoms with Gasteiger partial charge in [0.05, 0.1) is 7.11 Å². The van der Waals surface area contributed by atoms with Crippen LogP contribution in [0.15, 0.2) is 18.2 Å². The summed E-state index contributed by atoms with van der Waals surface area (Å²) in [6.45, 7) is 3.37. The predicted molar refractivity (Wildman–Crippen MR) is 59.0 cm³/mol. The van der Waals surface area contributed by atoms with Crippen molar-refractivity contribution in [3.63, 3.8) is 0 Å². The number of benzene rings is 1. The van der Waals surface area contributed by atoms with Crippen LogP contribution in [0.25, 0.3) is 0 Å². The van der Waals surface area contributed by atoms with Gasteiger partial charge in [-0.1, -0.05) is 6.92 Å². The second kappa shape index (κ2) is 3.91. The molecule has 2 nitrogen and oxygen atoms in total. The summed E-state index contributed by atoms with van der Waals surface area (Å²) in [6.07, 6.45) is 2.41. The minimum atomic E-state index is 0.758. The smallest absolute Gasteiger partial charge is 0.119 e. The number of hydrogen-bond acceptors (Lipinski definition) is 2. The lowest BCUT2D eigenvalue weighted by atomic mass is 10.0. The molecule has 0 saturated carbocycles. The summed E-state index contributed by atoms with van der Waals surface area (Å²) in [5.41, 5.74) is 2.66. The molecule has 1 N–H and O–H groups in total. The number of hydrogen-bond donors (Lipinski definition) is 1. The lowest BCUT2D eigenvalue weighted by Crippen LogP contribution is -2.08. The summed E-state index contributed by atoms with van der Waals surface area (Å²) >= 11 is 0. The van der Waals surface area contributed by atoms with Crippen LogP contribution in [0.5, 0.6) is 5.75 Å². The molecule has 1 aliphatic heterocycles. The molecule has 0 radical (unpaired) electrons. The molecule has 0 aromatic heterocycles. The Hall–Kier alpha value is -1.18. The topological polar surface area (TPSA) is 21.3 Å². The highest BCUT2D eigenvalue weighted by Crippen LogP contribution is 2.27. The van der Waals surface area contributed by atoms with E-state index in [-0.39, 0.29) is 0 Å². The number of methoxy groups -OCH3 is 1. The fourth-order valence-corrected chi connectivity index (χ4v) is 1.86. The maximum absolute atomic E-state index is 5.22. The van der Waals surface area contributed by atoms with E-state index in [0.29, 0.717) is 0 Å². The molecular weight excluding hydrogens is 174 g/mol. The van der Waals surface area contributed by atoms with Crippen LogP contribution in [0.3, 0.4) is 0 Å². The zero-order chi connectivity index (χ0) is 9.97. The van der Waals surface area contributed by atoms with Crippen LogP contribution in [0, 0.1) is 5.92 Å². The molecule has 14 heavy (non-hydrogen) atoms. The van der Waals surface area contributed by atoms with Crippen LogP contribution in [0.2, 0.25) is 0 Å². The molecule has 2 rings (SSSR count). The van der Waals surface area contributed by atoms with Crippen LogP contribution >= 0.6 is 0 Å². The molecule has 0 saturated heterocycles. The standard InChI is InChI=1S/C12H17NO/c1-9-3-4-10-7-11(14-2)5-6-12(10)13-8-9/h5-7,9,13H,3-4,8H2,1-2H3. The van der Waals surface area contributed by atoms with Crippen LogP contribution < -0.4 is 10.1 Å². The quantitative estimate of drug-likeness (QED) is 0.737. The third kappa shape index (κ3) is 1.84. The Bertz CT molecular complexity index is 322.